The van der Waals surface area contributed by atoms with Crippen LogP contribution in [0.5, 0.6) is 0 Å². The van der Waals surface area contributed by atoms with E-state index in [0.29, 0.717) is 17.7 Å². The van der Waals surface area contributed by atoms with Crippen LogP contribution in [0.4, 0.5) is 0 Å². The Kier molecular flexibility index (Phi) is 4.29. The molecule has 0 spiro atoms. The molecule has 122 valence electrons. The van der Waals surface area contributed by atoms with Gasteiger partial charge in [0.15, 0.2) is 0 Å². The third-order valence-corrected chi connectivity index (χ3v) is 6.66. The Morgan fingerprint density at radius 3 is 2.65 bits per heavy atom. The van der Waals surface area contributed by atoms with Crippen LogP contribution in [0.2, 0.25) is 5.02 Å². The minimum absolute atomic E-state index is 0.302. The number of nitrogens with zero attached hydrogens (tertiary/aromatic N) is 2. The van der Waals surface area contributed by atoms with Gasteiger partial charge in [-0.25, -0.2) is 4.98 Å². The fraction of sp³-hybridized carbons (Fsp3) is 0.556. The molecule has 1 aromatic carbocycles. The lowest BCUT2D eigenvalue weighted by Gasteiger charge is -2.32. The van der Waals surface area contributed by atoms with Crippen LogP contribution < -0.4 is 0 Å². The van der Waals surface area contributed by atoms with Crippen LogP contribution in [0.1, 0.15) is 49.5 Å². The Bertz CT molecular complexity index is 715. The Morgan fingerprint density at radius 1 is 1.17 bits per heavy atom. The monoisotopic (exact) mass is 348 g/mol. The Labute approximate surface area is 145 Å². The van der Waals surface area contributed by atoms with Crippen molar-refractivity contribution < 1.29 is 4.79 Å². The molecule has 4 rings (SSSR count). The predicted octanol–water partition coefficient (Wildman–Crippen LogP) is 4.85. The van der Waals surface area contributed by atoms with Crippen LogP contribution in [0.3, 0.4) is 0 Å². The molecule has 2 heterocycles. The molecule has 3 nitrogen and oxygen atoms in total. The highest BCUT2D eigenvalue weighted by Gasteiger charge is 2.31. The maximum Gasteiger partial charge on any atom is 0.225 e. The Morgan fingerprint density at radius 2 is 1.91 bits per heavy atom. The summed E-state index contributed by atoms with van der Waals surface area (Å²) >= 11 is 7.82. The lowest BCUT2D eigenvalue weighted by molar-refractivity contribution is -0.136. The molecule has 1 saturated carbocycles. The lowest BCUT2D eigenvalue weighted by Crippen LogP contribution is -2.40. The van der Waals surface area contributed by atoms with Crippen molar-refractivity contribution in [2.24, 2.45) is 5.92 Å². The van der Waals surface area contributed by atoms with Gasteiger partial charge < -0.3 is 4.90 Å². The first-order chi connectivity index (χ1) is 11.2. The number of carbonyl (C=O) groups is 1. The summed E-state index contributed by atoms with van der Waals surface area (Å²) in [6, 6.07) is 5.92. The molecule has 1 amide bonds. The van der Waals surface area contributed by atoms with Crippen molar-refractivity contribution in [1.82, 2.24) is 9.88 Å². The molecule has 5 heteroatoms. The van der Waals surface area contributed by atoms with E-state index >= 15 is 0 Å². The van der Waals surface area contributed by atoms with Crippen LogP contribution in [0.25, 0.3) is 10.2 Å². The third-order valence-electron chi connectivity index (χ3n) is 5.23. The van der Waals surface area contributed by atoms with Crippen LogP contribution in [0.15, 0.2) is 18.2 Å². The number of thiazole rings is 1. The molecule has 1 aromatic heterocycles. The largest absolute Gasteiger partial charge is 0.342 e. The second kappa shape index (κ2) is 6.40. The number of fused-ring (bicyclic) bond motifs is 1. The number of halogens is 1. The van der Waals surface area contributed by atoms with Crippen molar-refractivity contribution in [3.05, 3.63) is 28.2 Å². The number of hydrogen-bond donors (Lipinski definition) is 0. The number of piperidine rings is 1. The van der Waals surface area contributed by atoms with Gasteiger partial charge in [0, 0.05) is 29.9 Å². The smallest absolute Gasteiger partial charge is 0.225 e. The molecule has 0 unspecified atom stereocenters. The molecule has 23 heavy (non-hydrogen) atoms. The van der Waals surface area contributed by atoms with Gasteiger partial charge in [0.25, 0.3) is 0 Å². The van der Waals surface area contributed by atoms with E-state index in [1.54, 1.807) is 11.3 Å². The minimum Gasteiger partial charge on any atom is -0.342 e. The number of aromatic nitrogens is 1. The average Bonchev–Trinajstić information content (AvgIpc) is 3.23. The van der Waals surface area contributed by atoms with Crippen LogP contribution >= 0.6 is 22.9 Å². The molecule has 0 N–H and O–H groups in total. The van der Waals surface area contributed by atoms with Crippen molar-refractivity contribution in [2.75, 3.05) is 13.1 Å². The van der Waals surface area contributed by atoms with E-state index in [1.807, 2.05) is 12.1 Å². The molecule has 2 aliphatic rings. The second-order valence-electron chi connectivity index (χ2n) is 6.75. The topological polar surface area (TPSA) is 33.2 Å². The number of likely N-dealkylation sites (tertiary alicyclic amines) is 1. The molecule has 0 radical (unpaired) electrons. The molecule has 0 bridgehead atoms. The summed E-state index contributed by atoms with van der Waals surface area (Å²) in [7, 11) is 0. The van der Waals surface area contributed by atoms with Gasteiger partial charge in [-0.15, -0.1) is 11.3 Å². The van der Waals surface area contributed by atoms with Gasteiger partial charge in [-0.2, -0.15) is 0 Å². The summed E-state index contributed by atoms with van der Waals surface area (Å²) in [6.07, 6.45) is 6.70. The van der Waals surface area contributed by atoms with Crippen molar-refractivity contribution in [3.63, 3.8) is 0 Å². The molecule has 1 aliphatic heterocycles. The summed E-state index contributed by atoms with van der Waals surface area (Å²) in [5.41, 5.74) is 1.00. The van der Waals surface area contributed by atoms with Crippen molar-refractivity contribution in [2.45, 2.75) is 44.4 Å². The highest BCUT2D eigenvalue weighted by atomic mass is 35.5. The van der Waals surface area contributed by atoms with E-state index in [9.17, 15) is 4.79 Å². The number of carbonyl (C=O) groups excluding carboxylic acids is 1. The summed E-state index contributed by atoms with van der Waals surface area (Å²) < 4.78 is 1.20. The number of rotatable bonds is 2. The molecule has 2 aromatic rings. The molecule has 1 aliphatic carbocycles. The predicted molar refractivity (Wildman–Crippen MR) is 95.1 cm³/mol. The third kappa shape index (κ3) is 3.11. The summed E-state index contributed by atoms with van der Waals surface area (Å²) in [5, 5.41) is 1.95. The Balaban J connectivity index is 1.43. The molecule has 0 atom stereocenters. The lowest BCUT2D eigenvalue weighted by atomic mass is 9.96. The van der Waals surface area contributed by atoms with Crippen molar-refractivity contribution in [3.8, 4) is 0 Å². The van der Waals surface area contributed by atoms with Crippen LogP contribution in [-0.4, -0.2) is 28.9 Å². The maximum atomic E-state index is 12.5. The fourth-order valence-electron chi connectivity index (χ4n) is 3.87. The van der Waals surface area contributed by atoms with Crippen LogP contribution in [-0.2, 0) is 4.79 Å². The van der Waals surface area contributed by atoms with Gasteiger partial charge in [0.05, 0.1) is 15.2 Å². The van der Waals surface area contributed by atoms with Gasteiger partial charge in [0.2, 0.25) is 5.91 Å². The summed E-state index contributed by atoms with van der Waals surface area (Å²) in [6.45, 7) is 1.77. The number of amides is 1. The highest BCUT2D eigenvalue weighted by molar-refractivity contribution is 7.18. The number of hydrogen-bond acceptors (Lipinski definition) is 3. The van der Waals surface area contributed by atoms with Gasteiger partial charge in [-0.1, -0.05) is 24.4 Å². The SMILES string of the molecule is O=C(C1CCCC1)N1CCC(c2nc3cc(Cl)ccc3s2)CC1. The highest BCUT2D eigenvalue weighted by Crippen LogP contribution is 2.35. The maximum absolute atomic E-state index is 12.5. The first-order valence-corrected chi connectivity index (χ1v) is 9.75. The quantitative estimate of drug-likeness (QED) is 0.777. The van der Waals surface area contributed by atoms with E-state index in [4.69, 9.17) is 16.6 Å². The van der Waals surface area contributed by atoms with Gasteiger partial charge in [-0.05, 0) is 43.9 Å². The fourth-order valence-corrected chi connectivity index (χ4v) is 5.15. The van der Waals surface area contributed by atoms with E-state index < -0.39 is 0 Å². The minimum atomic E-state index is 0.302. The van der Waals surface area contributed by atoms with Crippen molar-refractivity contribution >= 4 is 39.1 Å². The zero-order valence-corrected chi connectivity index (χ0v) is 14.7. The van der Waals surface area contributed by atoms with E-state index in [-0.39, 0.29) is 0 Å². The zero-order valence-electron chi connectivity index (χ0n) is 13.1. The number of benzene rings is 1. The van der Waals surface area contributed by atoms with Crippen LogP contribution in [0, 0.1) is 5.92 Å². The van der Waals surface area contributed by atoms with Crippen molar-refractivity contribution in [1.29, 1.82) is 0 Å². The zero-order chi connectivity index (χ0) is 15.8. The first kappa shape index (κ1) is 15.4. The average molecular weight is 349 g/mol. The van der Waals surface area contributed by atoms with E-state index in [0.717, 1.165) is 49.3 Å². The summed E-state index contributed by atoms with van der Waals surface area (Å²) in [5.74, 6) is 1.19. The normalized spacial score (nSPS) is 20.5. The van der Waals surface area contributed by atoms with Gasteiger partial charge >= 0.3 is 0 Å². The van der Waals surface area contributed by atoms with Gasteiger partial charge in [0.1, 0.15) is 0 Å². The standard InChI is InChI=1S/C18H21ClN2OS/c19-14-5-6-16-15(11-14)20-17(23-16)12-7-9-21(10-8-12)18(22)13-3-1-2-4-13/h5-6,11-13H,1-4,7-10H2. The molecular formula is C18H21ClN2OS. The first-order valence-electron chi connectivity index (χ1n) is 8.55. The molecule has 1 saturated heterocycles. The van der Waals surface area contributed by atoms with Gasteiger partial charge in [-0.3, -0.25) is 4.79 Å². The van der Waals surface area contributed by atoms with E-state index in [2.05, 4.69) is 11.0 Å². The molecule has 2 fully saturated rings. The summed E-state index contributed by atoms with van der Waals surface area (Å²) in [4.78, 5) is 19.4. The Hall–Kier alpha value is -1.13. The molecular weight excluding hydrogens is 328 g/mol. The second-order valence-corrected chi connectivity index (χ2v) is 8.24. The van der Waals surface area contributed by atoms with E-state index in [1.165, 1.54) is 22.5 Å².